The monoisotopic (exact) mass is 732 g/mol. The summed E-state index contributed by atoms with van der Waals surface area (Å²) in [6, 6.07) is 31.5. The van der Waals surface area contributed by atoms with E-state index in [1.54, 1.807) is 18.2 Å². The van der Waals surface area contributed by atoms with Crippen LogP contribution in [0.25, 0.3) is 43.8 Å². The van der Waals surface area contributed by atoms with Gasteiger partial charge in [-0.1, -0.05) is 113 Å². The van der Waals surface area contributed by atoms with Crippen molar-refractivity contribution in [1.29, 1.82) is 0 Å². The maximum Gasteiger partial charge on any atom is 0.153 e. The van der Waals surface area contributed by atoms with Crippen molar-refractivity contribution in [3.8, 4) is 17.0 Å². The Labute approximate surface area is 261 Å². The first-order chi connectivity index (χ1) is 19.5. The van der Waals surface area contributed by atoms with E-state index >= 15 is 0 Å². The third kappa shape index (κ3) is 6.28. The van der Waals surface area contributed by atoms with Gasteiger partial charge in [0.25, 0.3) is 0 Å². The van der Waals surface area contributed by atoms with E-state index in [1.807, 2.05) is 24.4 Å². The summed E-state index contributed by atoms with van der Waals surface area (Å²) in [4.78, 5) is 20.1. The molecule has 0 bridgehead atoms. The van der Waals surface area contributed by atoms with Crippen LogP contribution in [0.2, 0.25) is 0 Å². The molecule has 4 nitrogen and oxygen atoms in total. The van der Waals surface area contributed by atoms with Crippen LogP contribution in [-0.4, -0.2) is 21.4 Å². The summed E-state index contributed by atoms with van der Waals surface area (Å²) in [7, 11) is 0. The summed E-state index contributed by atoms with van der Waals surface area (Å²) >= 11 is 0. The van der Waals surface area contributed by atoms with Gasteiger partial charge in [-0.05, 0) is 33.9 Å². The zero-order valence-electron chi connectivity index (χ0n) is 24.8. The van der Waals surface area contributed by atoms with E-state index in [9.17, 15) is 4.79 Å². The number of benzene rings is 5. The van der Waals surface area contributed by atoms with Crippen molar-refractivity contribution in [3.05, 3.63) is 114 Å². The average molecular weight is 732 g/mol. The Morgan fingerprint density at radius 1 is 0.738 bits per heavy atom. The maximum absolute atomic E-state index is 10.1. The van der Waals surface area contributed by atoms with E-state index in [2.05, 4.69) is 90.1 Å². The number of phenols is 1. The molecule has 0 aliphatic carbocycles. The minimum atomic E-state index is 0. The number of aldehydes is 1. The molecule has 6 aromatic rings. The second-order valence-corrected chi connectivity index (χ2v) is 12.4. The predicted molar refractivity (Wildman–Crippen MR) is 170 cm³/mol. The molecule has 0 atom stereocenters. The number of aromatic nitrogens is 2. The smallest absolute Gasteiger partial charge is 0.153 e. The molecular weight excluding hydrogens is 697 g/mol. The molecule has 1 N–H and O–H groups in total. The van der Waals surface area contributed by atoms with Gasteiger partial charge in [-0.15, -0.1) is 29.1 Å². The zero-order valence-corrected chi connectivity index (χ0v) is 27.2. The van der Waals surface area contributed by atoms with Crippen LogP contribution < -0.4 is 0 Å². The SMILES string of the molecule is CC(C)(C)c1c[c-]c2c(c1)c1cc(C(C)(C)C)ccc1c1nc(-c3ccccc3)cnc21.O=Cc1ccccc1O.[Ir]. The minimum Gasteiger partial charge on any atom is -0.507 e. The van der Waals surface area contributed by atoms with Crippen LogP contribution in [0.5, 0.6) is 5.75 Å². The molecule has 0 saturated carbocycles. The largest absolute Gasteiger partial charge is 0.507 e. The van der Waals surface area contributed by atoms with Gasteiger partial charge in [-0.25, -0.2) is 0 Å². The van der Waals surface area contributed by atoms with Gasteiger partial charge in [0.2, 0.25) is 0 Å². The number of para-hydroxylation sites is 1. The Morgan fingerprint density at radius 2 is 1.38 bits per heavy atom. The normalized spacial score (nSPS) is 11.6. The van der Waals surface area contributed by atoms with E-state index in [1.165, 1.54) is 28.0 Å². The molecule has 1 heterocycles. The Bertz CT molecular complexity index is 1880. The van der Waals surface area contributed by atoms with Crippen molar-refractivity contribution >= 4 is 38.9 Å². The number of carbonyl (C=O) groups is 1. The van der Waals surface area contributed by atoms with Crippen molar-refractivity contribution in [1.82, 2.24) is 9.97 Å². The van der Waals surface area contributed by atoms with Crippen molar-refractivity contribution in [2.75, 3.05) is 0 Å². The number of phenolic OH excluding ortho intramolecular Hbond substituents is 1. The van der Waals surface area contributed by atoms with E-state index in [0.717, 1.165) is 33.1 Å². The van der Waals surface area contributed by atoms with Crippen LogP contribution in [0.3, 0.4) is 0 Å². The fourth-order valence-electron chi connectivity index (χ4n) is 4.87. The Hall–Kier alpha value is -3.92. The molecule has 1 aromatic heterocycles. The van der Waals surface area contributed by atoms with E-state index < -0.39 is 0 Å². The molecule has 0 saturated heterocycles. The molecule has 215 valence electrons. The Morgan fingerprint density at radius 3 is 2.00 bits per heavy atom. The summed E-state index contributed by atoms with van der Waals surface area (Å²) in [6.45, 7) is 13.5. The van der Waals surface area contributed by atoms with Gasteiger partial charge in [0.15, 0.2) is 6.29 Å². The topological polar surface area (TPSA) is 63.1 Å². The minimum absolute atomic E-state index is 0. The van der Waals surface area contributed by atoms with Crippen LogP contribution in [0.4, 0.5) is 0 Å². The van der Waals surface area contributed by atoms with Gasteiger partial charge in [0.1, 0.15) is 5.75 Å². The van der Waals surface area contributed by atoms with Crippen molar-refractivity contribution in [3.63, 3.8) is 0 Å². The number of hydrogen-bond acceptors (Lipinski definition) is 4. The van der Waals surface area contributed by atoms with Crippen LogP contribution >= 0.6 is 0 Å². The standard InChI is InChI=1S/C30H29N2.C7H6O2.Ir/c1-29(2,3)20-12-14-22-24(16-20)25-17-21(30(4,5)6)13-15-23(25)28-27(22)31-18-26(32-28)19-10-8-7-9-11-19;8-5-6-3-1-2-4-7(6)9;/h7-13,15-18H,1-6H3;1-5,9H;/q-1;;. The van der Waals surface area contributed by atoms with E-state index in [0.29, 0.717) is 11.8 Å². The molecule has 0 spiro atoms. The average Bonchev–Trinajstić information content (AvgIpc) is 2.96. The molecule has 0 fully saturated rings. The fourth-order valence-corrected chi connectivity index (χ4v) is 4.87. The molecule has 42 heavy (non-hydrogen) atoms. The molecule has 0 unspecified atom stereocenters. The van der Waals surface area contributed by atoms with Crippen LogP contribution in [-0.2, 0) is 30.9 Å². The number of carbonyl (C=O) groups excluding carboxylic acids is 1. The number of fused-ring (bicyclic) bond motifs is 6. The number of nitrogens with zero attached hydrogens (tertiary/aromatic N) is 2. The van der Waals surface area contributed by atoms with Gasteiger partial charge >= 0.3 is 0 Å². The molecular formula is C37H35IrN2O2-. The molecule has 6 rings (SSSR count). The van der Waals surface area contributed by atoms with Gasteiger partial charge in [0, 0.05) is 37.4 Å². The fraction of sp³-hybridized carbons (Fsp3) is 0.216. The Balaban J connectivity index is 0.000000349. The first-order valence-electron chi connectivity index (χ1n) is 13.8. The van der Waals surface area contributed by atoms with Crippen molar-refractivity contribution in [2.45, 2.75) is 52.4 Å². The number of rotatable bonds is 2. The maximum atomic E-state index is 10.1. The quantitative estimate of drug-likeness (QED) is 0.110. The van der Waals surface area contributed by atoms with Crippen LogP contribution in [0, 0.1) is 6.07 Å². The summed E-state index contributed by atoms with van der Waals surface area (Å²) in [6.07, 6.45) is 2.51. The number of aromatic hydroxyl groups is 1. The second kappa shape index (κ2) is 12.1. The summed E-state index contributed by atoms with van der Waals surface area (Å²) < 4.78 is 0. The predicted octanol–water partition coefficient (Wildman–Crippen LogP) is 9.20. The summed E-state index contributed by atoms with van der Waals surface area (Å²) in [5.74, 6) is 0.0347. The molecule has 0 amide bonds. The molecule has 0 aliphatic heterocycles. The summed E-state index contributed by atoms with van der Waals surface area (Å²) in [5.41, 5.74) is 6.87. The molecule has 5 heteroatoms. The van der Waals surface area contributed by atoms with Crippen molar-refractivity contribution in [2.24, 2.45) is 0 Å². The van der Waals surface area contributed by atoms with Gasteiger partial charge in [0.05, 0.1) is 16.8 Å². The van der Waals surface area contributed by atoms with Gasteiger partial charge in [-0.2, -0.15) is 0 Å². The van der Waals surface area contributed by atoms with Gasteiger partial charge < -0.3 is 10.1 Å². The molecule has 1 radical (unpaired) electrons. The third-order valence-corrected chi connectivity index (χ3v) is 7.38. The number of hydrogen-bond donors (Lipinski definition) is 1. The van der Waals surface area contributed by atoms with Crippen molar-refractivity contribution < 1.29 is 30.0 Å². The second-order valence-electron chi connectivity index (χ2n) is 12.4. The van der Waals surface area contributed by atoms with E-state index in [4.69, 9.17) is 15.1 Å². The first kappa shape index (κ1) is 31.0. The first-order valence-corrected chi connectivity index (χ1v) is 13.8. The van der Waals surface area contributed by atoms with Crippen LogP contribution in [0.15, 0.2) is 91.1 Å². The summed E-state index contributed by atoms with van der Waals surface area (Å²) in [5, 5.41) is 13.5. The van der Waals surface area contributed by atoms with Crippen LogP contribution in [0.1, 0.15) is 63.0 Å². The third-order valence-electron chi connectivity index (χ3n) is 7.38. The zero-order chi connectivity index (χ0) is 29.4. The Kier molecular flexibility index (Phi) is 8.96. The van der Waals surface area contributed by atoms with Gasteiger partial charge in [-0.3, -0.25) is 9.78 Å². The van der Waals surface area contributed by atoms with E-state index in [-0.39, 0.29) is 36.7 Å². The molecule has 5 aromatic carbocycles. The molecule has 0 aliphatic rings.